The average Bonchev–Trinajstić information content (AvgIpc) is 2.67. The zero-order valence-corrected chi connectivity index (χ0v) is 13.7. The van der Waals surface area contributed by atoms with E-state index in [0.717, 1.165) is 11.1 Å². The van der Waals surface area contributed by atoms with Crippen LogP contribution >= 0.6 is 0 Å². The van der Waals surface area contributed by atoms with Crippen molar-refractivity contribution in [3.05, 3.63) is 83.9 Å². The molecule has 0 saturated carbocycles. The largest absolute Gasteiger partial charge is 0.506 e. The van der Waals surface area contributed by atoms with Crippen molar-refractivity contribution < 1.29 is 14.6 Å². The maximum absolute atomic E-state index is 11.8. The number of benzene rings is 3. The summed E-state index contributed by atoms with van der Waals surface area (Å²) in [6.45, 7) is 0. The first kappa shape index (κ1) is 16.5. The first-order valence-corrected chi connectivity index (χ1v) is 7.79. The van der Waals surface area contributed by atoms with Crippen LogP contribution in [0.3, 0.4) is 0 Å². The molecule has 4 nitrogen and oxygen atoms in total. The van der Waals surface area contributed by atoms with Gasteiger partial charge in [-0.05, 0) is 29.3 Å². The van der Waals surface area contributed by atoms with Crippen molar-refractivity contribution in [3.8, 4) is 16.9 Å². The Morgan fingerprint density at radius 3 is 2.44 bits per heavy atom. The maximum Gasteiger partial charge on any atom is 0.338 e. The number of hydrogen-bond acceptors (Lipinski definition) is 4. The van der Waals surface area contributed by atoms with E-state index in [1.807, 2.05) is 48.5 Å². The molecule has 0 aromatic heterocycles. The zero-order valence-electron chi connectivity index (χ0n) is 13.7. The number of methoxy groups -OCH3 is 1. The fourth-order valence-electron chi connectivity index (χ4n) is 2.48. The van der Waals surface area contributed by atoms with Gasteiger partial charge in [0.15, 0.2) is 0 Å². The lowest BCUT2D eigenvalue weighted by Gasteiger charge is -2.06. The SMILES string of the molecule is COC(=O)c1ccccc1C=Nc1cc(-c2ccccc2)ccc1O. The topological polar surface area (TPSA) is 58.9 Å². The van der Waals surface area contributed by atoms with E-state index in [0.29, 0.717) is 16.8 Å². The van der Waals surface area contributed by atoms with Crippen molar-refractivity contribution in [3.63, 3.8) is 0 Å². The summed E-state index contributed by atoms with van der Waals surface area (Å²) in [5.41, 5.74) is 3.47. The third-order valence-corrected chi connectivity index (χ3v) is 3.79. The van der Waals surface area contributed by atoms with Gasteiger partial charge in [0.2, 0.25) is 0 Å². The second kappa shape index (κ2) is 7.45. The molecule has 0 spiro atoms. The van der Waals surface area contributed by atoms with E-state index in [1.165, 1.54) is 7.11 Å². The van der Waals surface area contributed by atoms with Crippen molar-refractivity contribution >= 4 is 17.9 Å². The summed E-state index contributed by atoms with van der Waals surface area (Å²) >= 11 is 0. The minimum atomic E-state index is -0.427. The molecular weight excluding hydrogens is 314 g/mol. The molecule has 0 bridgehead atoms. The molecule has 0 aliphatic heterocycles. The summed E-state index contributed by atoms with van der Waals surface area (Å²) < 4.78 is 4.78. The highest BCUT2D eigenvalue weighted by atomic mass is 16.5. The van der Waals surface area contributed by atoms with Gasteiger partial charge in [-0.15, -0.1) is 0 Å². The van der Waals surface area contributed by atoms with Crippen molar-refractivity contribution in [2.24, 2.45) is 4.99 Å². The summed E-state index contributed by atoms with van der Waals surface area (Å²) in [4.78, 5) is 16.2. The number of esters is 1. The number of ether oxygens (including phenoxy) is 1. The second-order valence-electron chi connectivity index (χ2n) is 5.41. The smallest absolute Gasteiger partial charge is 0.338 e. The van der Waals surface area contributed by atoms with Gasteiger partial charge in [-0.25, -0.2) is 4.79 Å². The van der Waals surface area contributed by atoms with E-state index in [9.17, 15) is 9.90 Å². The second-order valence-corrected chi connectivity index (χ2v) is 5.41. The molecule has 0 atom stereocenters. The van der Waals surface area contributed by atoms with Crippen LogP contribution < -0.4 is 0 Å². The summed E-state index contributed by atoms with van der Waals surface area (Å²) in [5.74, 6) is -0.351. The van der Waals surface area contributed by atoms with Crippen molar-refractivity contribution in [1.82, 2.24) is 0 Å². The molecule has 1 N–H and O–H groups in total. The van der Waals surface area contributed by atoms with Crippen LogP contribution in [0.1, 0.15) is 15.9 Å². The van der Waals surface area contributed by atoms with E-state index in [4.69, 9.17) is 4.74 Å². The standard InChI is InChI=1S/C21H17NO3/c1-25-21(24)18-10-6-5-9-17(18)14-22-19-13-16(11-12-20(19)23)15-7-3-2-4-8-15/h2-14,23H,1H3. The van der Waals surface area contributed by atoms with Gasteiger partial charge >= 0.3 is 5.97 Å². The first-order chi connectivity index (χ1) is 12.2. The van der Waals surface area contributed by atoms with Gasteiger partial charge in [-0.2, -0.15) is 0 Å². The van der Waals surface area contributed by atoms with Gasteiger partial charge < -0.3 is 9.84 Å². The quantitative estimate of drug-likeness (QED) is 0.561. The molecule has 3 rings (SSSR count). The van der Waals surface area contributed by atoms with Crippen LogP contribution in [0.4, 0.5) is 5.69 Å². The number of phenolic OH excluding ortho intramolecular Hbond substituents is 1. The van der Waals surface area contributed by atoms with Crippen LogP contribution in [0.2, 0.25) is 0 Å². The predicted octanol–water partition coefficient (Wildman–Crippen LogP) is 4.60. The molecule has 0 aliphatic rings. The lowest BCUT2D eigenvalue weighted by molar-refractivity contribution is 0.0600. The van der Waals surface area contributed by atoms with Crippen molar-refractivity contribution in [2.45, 2.75) is 0 Å². The molecule has 0 unspecified atom stereocenters. The number of aromatic hydroxyl groups is 1. The number of phenols is 1. The first-order valence-electron chi connectivity index (χ1n) is 7.79. The van der Waals surface area contributed by atoms with Gasteiger partial charge in [0.25, 0.3) is 0 Å². The van der Waals surface area contributed by atoms with Gasteiger partial charge in [0, 0.05) is 11.8 Å². The van der Waals surface area contributed by atoms with Crippen LogP contribution in [0, 0.1) is 0 Å². The fraction of sp³-hybridized carbons (Fsp3) is 0.0476. The zero-order chi connectivity index (χ0) is 17.6. The van der Waals surface area contributed by atoms with Crippen molar-refractivity contribution in [1.29, 1.82) is 0 Å². The summed E-state index contributed by atoms with van der Waals surface area (Å²) in [6.07, 6.45) is 1.55. The minimum absolute atomic E-state index is 0.0754. The third-order valence-electron chi connectivity index (χ3n) is 3.79. The number of carbonyl (C=O) groups is 1. The molecule has 124 valence electrons. The Balaban J connectivity index is 1.96. The van der Waals surface area contributed by atoms with Crippen LogP contribution in [0.5, 0.6) is 5.75 Å². The van der Waals surface area contributed by atoms with E-state index in [2.05, 4.69) is 4.99 Å². The Labute approximate surface area is 146 Å². The molecule has 0 radical (unpaired) electrons. The highest BCUT2D eigenvalue weighted by Crippen LogP contribution is 2.31. The number of rotatable bonds is 4. The number of nitrogens with zero attached hydrogens (tertiary/aromatic N) is 1. The van der Waals surface area contributed by atoms with E-state index >= 15 is 0 Å². The summed E-state index contributed by atoms with van der Waals surface area (Å²) in [5, 5.41) is 10.1. The summed E-state index contributed by atoms with van der Waals surface area (Å²) in [6, 6.07) is 22.1. The normalized spacial score (nSPS) is 10.8. The lowest BCUT2D eigenvalue weighted by atomic mass is 10.0. The van der Waals surface area contributed by atoms with Crippen LogP contribution in [0.15, 0.2) is 77.8 Å². The van der Waals surface area contributed by atoms with Gasteiger partial charge in [0.1, 0.15) is 11.4 Å². The Kier molecular flexibility index (Phi) is 4.90. The van der Waals surface area contributed by atoms with Gasteiger partial charge in [-0.1, -0.05) is 54.6 Å². The lowest BCUT2D eigenvalue weighted by Crippen LogP contribution is -2.04. The molecular formula is C21H17NO3. The highest BCUT2D eigenvalue weighted by Gasteiger charge is 2.09. The molecule has 0 saturated heterocycles. The molecule has 0 amide bonds. The maximum atomic E-state index is 11.8. The Hall–Kier alpha value is -3.40. The fourth-order valence-corrected chi connectivity index (χ4v) is 2.48. The minimum Gasteiger partial charge on any atom is -0.506 e. The van der Waals surface area contributed by atoms with Crippen molar-refractivity contribution in [2.75, 3.05) is 7.11 Å². The number of hydrogen-bond donors (Lipinski definition) is 1. The van der Waals surface area contributed by atoms with Gasteiger partial charge in [-0.3, -0.25) is 4.99 Å². The molecule has 25 heavy (non-hydrogen) atoms. The molecule has 3 aromatic rings. The molecule has 0 heterocycles. The van der Waals surface area contributed by atoms with Crippen LogP contribution in [-0.4, -0.2) is 24.4 Å². The Morgan fingerprint density at radius 2 is 1.68 bits per heavy atom. The molecule has 3 aromatic carbocycles. The Morgan fingerprint density at radius 1 is 0.960 bits per heavy atom. The molecule has 0 fully saturated rings. The number of aliphatic imine (C=N–C) groups is 1. The van der Waals surface area contributed by atoms with E-state index < -0.39 is 5.97 Å². The Bertz CT molecular complexity index is 917. The predicted molar refractivity (Wildman–Crippen MR) is 98.6 cm³/mol. The molecule has 4 heteroatoms. The number of carbonyl (C=O) groups excluding carboxylic acids is 1. The van der Waals surface area contributed by atoms with Crippen LogP contribution in [0.25, 0.3) is 11.1 Å². The third kappa shape index (κ3) is 3.75. The van der Waals surface area contributed by atoms with E-state index in [-0.39, 0.29) is 5.75 Å². The van der Waals surface area contributed by atoms with E-state index in [1.54, 1.807) is 30.5 Å². The molecule has 0 aliphatic carbocycles. The van der Waals surface area contributed by atoms with Crippen LogP contribution in [-0.2, 0) is 4.74 Å². The average molecular weight is 331 g/mol. The van der Waals surface area contributed by atoms with Gasteiger partial charge in [0.05, 0.1) is 12.7 Å². The monoisotopic (exact) mass is 331 g/mol. The highest BCUT2D eigenvalue weighted by molar-refractivity contribution is 6.00. The summed E-state index contributed by atoms with van der Waals surface area (Å²) in [7, 11) is 1.34.